The minimum Gasteiger partial charge on any atom is -0.382 e. The van der Waals surface area contributed by atoms with Crippen LogP contribution in [0.1, 0.15) is 25.7 Å². The Kier molecular flexibility index (Phi) is 2.34. The second-order valence-corrected chi connectivity index (χ2v) is 4.03. The largest absolute Gasteiger partial charge is 0.382 e. The molecule has 3 nitrogen and oxygen atoms in total. The Morgan fingerprint density at radius 1 is 0.923 bits per heavy atom. The van der Waals surface area contributed by atoms with E-state index in [0.29, 0.717) is 13.2 Å². The first-order valence-electron chi connectivity index (χ1n) is 4.97. The van der Waals surface area contributed by atoms with Crippen molar-refractivity contribution in [2.75, 3.05) is 27.4 Å². The highest BCUT2D eigenvalue weighted by molar-refractivity contribution is 5.19. The predicted octanol–water partition coefficient (Wildman–Crippen LogP) is 1.36. The molecule has 13 heavy (non-hydrogen) atoms. The van der Waals surface area contributed by atoms with Crippen molar-refractivity contribution in [3.05, 3.63) is 0 Å². The maximum Gasteiger partial charge on any atom is 0.0974 e. The summed E-state index contributed by atoms with van der Waals surface area (Å²) in [5.74, 6) is 0. The molecule has 0 bridgehead atoms. The van der Waals surface area contributed by atoms with E-state index in [0.717, 1.165) is 25.7 Å². The number of hydrogen-bond acceptors (Lipinski definition) is 3. The minimum atomic E-state index is 0.0558. The van der Waals surface area contributed by atoms with Crippen LogP contribution in [0.2, 0.25) is 0 Å². The highest BCUT2D eigenvalue weighted by Crippen LogP contribution is 2.61. The van der Waals surface area contributed by atoms with E-state index in [1.165, 1.54) is 0 Å². The molecule has 0 aromatic heterocycles. The van der Waals surface area contributed by atoms with Crippen molar-refractivity contribution in [3.63, 3.8) is 0 Å². The first-order chi connectivity index (χ1) is 6.29. The van der Waals surface area contributed by atoms with E-state index in [4.69, 9.17) is 14.2 Å². The van der Waals surface area contributed by atoms with Crippen LogP contribution in [0.5, 0.6) is 0 Å². The van der Waals surface area contributed by atoms with Gasteiger partial charge < -0.3 is 14.2 Å². The van der Waals surface area contributed by atoms with Crippen LogP contribution in [-0.4, -0.2) is 38.6 Å². The Hall–Kier alpha value is -0.120. The van der Waals surface area contributed by atoms with Gasteiger partial charge in [0.25, 0.3) is 0 Å². The zero-order valence-corrected chi connectivity index (χ0v) is 8.47. The predicted molar refractivity (Wildman–Crippen MR) is 48.8 cm³/mol. The van der Waals surface area contributed by atoms with E-state index in [2.05, 4.69) is 0 Å². The Morgan fingerprint density at radius 2 is 1.54 bits per heavy atom. The summed E-state index contributed by atoms with van der Waals surface area (Å²) in [6, 6.07) is 0. The van der Waals surface area contributed by atoms with Crippen LogP contribution in [0.25, 0.3) is 0 Å². The van der Waals surface area contributed by atoms with Crippen LogP contribution in [0.15, 0.2) is 0 Å². The van der Waals surface area contributed by atoms with Gasteiger partial charge in [0.2, 0.25) is 0 Å². The van der Waals surface area contributed by atoms with Crippen molar-refractivity contribution in [1.29, 1.82) is 0 Å². The van der Waals surface area contributed by atoms with Crippen molar-refractivity contribution in [3.8, 4) is 0 Å². The topological polar surface area (TPSA) is 27.7 Å². The molecule has 0 aromatic rings. The van der Waals surface area contributed by atoms with Crippen LogP contribution >= 0.6 is 0 Å². The first kappa shape index (κ1) is 9.44. The summed E-state index contributed by atoms with van der Waals surface area (Å²) in [5, 5.41) is 0. The highest BCUT2D eigenvalue weighted by Gasteiger charge is 2.67. The standard InChI is InChI=1S/C10H18O3/c1-11-7-8-13-10(5-6-10)9(12-2)3-4-9/h3-8H2,1-2H3. The average molecular weight is 186 g/mol. The van der Waals surface area contributed by atoms with E-state index >= 15 is 0 Å². The maximum absolute atomic E-state index is 5.85. The summed E-state index contributed by atoms with van der Waals surface area (Å²) in [7, 11) is 3.50. The van der Waals surface area contributed by atoms with E-state index < -0.39 is 0 Å². The average Bonchev–Trinajstić information content (AvgIpc) is 3.01. The van der Waals surface area contributed by atoms with E-state index in [1.54, 1.807) is 14.2 Å². The van der Waals surface area contributed by atoms with Crippen molar-refractivity contribution in [1.82, 2.24) is 0 Å². The molecule has 0 atom stereocenters. The smallest absolute Gasteiger partial charge is 0.0974 e. The first-order valence-corrected chi connectivity index (χ1v) is 4.97. The molecule has 0 heterocycles. The minimum absolute atomic E-state index is 0.0558. The molecule has 2 rings (SSSR count). The fourth-order valence-corrected chi connectivity index (χ4v) is 2.12. The third kappa shape index (κ3) is 1.49. The molecule has 76 valence electrons. The van der Waals surface area contributed by atoms with E-state index in [-0.39, 0.29) is 11.2 Å². The molecule has 0 radical (unpaired) electrons. The zero-order chi connectivity index (χ0) is 9.36. The van der Waals surface area contributed by atoms with Crippen molar-refractivity contribution < 1.29 is 14.2 Å². The lowest BCUT2D eigenvalue weighted by Crippen LogP contribution is -2.36. The monoisotopic (exact) mass is 186 g/mol. The molecule has 0 amide bonds. The van der Waals surface area contributed by atoms with Crippen LogP contribution in [-0.2, 0) is 14.2 Å². The Bertz CT molecular complexity index is 183. The Labute approximate surface area is 79.4 Å². The third-order valence-corrected chi connectivity index (χ3v) is 3.30. The van der Waals surface area contributed by atoms with Crippen LogP contribution < -0.4 is 0 Å². The number of ether oxygens (including phenoxy) is 3. The molecule has 2 aliphatic carbocycles. The van der Waals surface area contributed by atoms with Crippen molar-refractivity contribution in [2.45, 2.75) is 36.9 Å². The Morgan fingerprint density at radius 3 is 1.92 bits per heavy atom. The van der Waals surface area contributed by atoms with Gasteiger partial charge >= 0.3 is 0 Å². The number of hydrogen-bond donors (Lipinski definition) is 0. The van der Waals surface area contributed by atoms with E-state index in [9.17, 15) is 0 Å². The Balaban J connectivity index is 1.83. The van der Waals surface area contributed by atoms with Crippen LogP contribution in [0, 0.1) is 0 Å². The van der Waals surface area contributed by atoms with Gasteiger partial charge in [-0.25, -0.2) is 0 Å². The second-order valence-electron chi connectivity index (χ2n) is 4.03. The van der Waals surface area contributed by atoms with Crippen LogP contribution in [0.3, 0.4) is 0 Å². The van der Waals surface area contributed by atoms with Gasteiger partial charge in [-0.1, -0.05) is 0 Å². The van der Waals surface area contributed by atoms with Gasteiger partial charge in [-0.2, -0.15) is 0 Å². The quantitative estimate of drug-likeness (QED) is 0.586. The summed E-state index contributed by atoms with van der Waals surface area (Å²) < 4.78 is 16.4. The molecule has 2 saturated carbocycles. The summed E-state index contributed by atoms with van der Waals surface area (Å²) in [6.07, 6.45) is 4.64. The summed E-state index contributed by atoms with van der Waals surface area (Å²) in [6.45, 7) is 1.38. The van der Waals surface area contributed by atoms with Gasteiger partial charge in [0.15, 0.2) is 0 Å². The highest BCUT2D eigenvalue weighted by atomic mass is 16.6. The molecule has 3 heteroatoms. The molecular formula is C10H18O3. The molecular weight excluding hydrogens is 168 g/mol. The SMILES string of the molecule is COCCOC1(C2(OC)CC2)CC1. The van der Waals surface area contributed by atoms with Gasteiger partial charge in [0.1, 0.15) is 0 Å². The fourth-order valence-electron chi connectivity index (χ4n) is 2.12. The molecule has 2 aliphatic rings. The van der Waals surface area contributed by atoms with Crippen molar-refractivity contribution in [2.24, 2.45) is 0 Å². The second kappa shape index (κ2) is 3.23. The van der Waals surface area contributed by atoms with Crippen molar-refractivity contribution >= 4 is 0 Å². The van der Waals surface area contributed by atoms with E-state index in [1.807, 2.05) is 0 Å². The lowest BCUT2D eigenvalue weighted by atomic mass is 10.1. The molecule has 0 saturated heterocycles. The van der Waals surface area contributed by atoms with Gasteiger partial charge in [0.05, 0.1) is 24.4 Å². The van der Waals surface area contributed by atoms with Gasteiger partial charge in [0, 0.05) is 14.2 Å². The summed E-state index contributed by atoms with van der Waals surface area (Å²) in [5.41, 5.74) is 0.126. The van der Waals surface area contributed by atoms with Crippen LogP contribution in [0.4, 0.5) is 0 Å². The van der Waals surface area contributed by atoms with Gasteiger partial charge in [-0.15, -0.1) is 0 Å². The lowest BCUT2D eigenvalue weighted by molar-refractivity contribution is -0.0995. The number of rotatable bonds is 6. The normalized spacial score (nSPS) is 27.2. The molecule has 2 fully saturated rings. The molecule has 0 unspecified atom stereocenters. The van der Waals surface area contributed by atoms with Gasteiger partial charge in [-0.3, -0.25) is 0 Å². The maximum atomic E-state index is 5.85. The molecule has 0 aliphatic heterocycles. The molecule has 0 spiro atoms. The van der Waals surface area contributed by atoms with Gasteiger partial charge in [-0.05, 0) is 25.7 Å². The summed E-state index contributed by atoms with van der Waals surface area (Å²) >= 11 is 0. The fraction of sp³-hybridized carbons (Fsp3) is 1.00. The zero-order valence-electron chi connectivity index (χ0n) is 8.47. The summed E-state index contributed by atoms with van der Waals surface area (Å²) in [4.78, 5) is 0. The number of methoxy groups -OCH3 is 2. The molecule has 0 N–H and O–H groups in total. The third-order valence-electron chi connectivity index (χ3n) is 3.30. The molecule has 0 aromatic carbocycles. The lowest BCUT2D eigenvalue weighted by Gasteiger charge is -2.25.